The van der Waals surface area contributed by atoms with Crippen molar-refractivity contribution in [2.75, 3.05) is 0 Å². The van der Waals surface area contributed by atoms with E-state index < -0.39 is 0 Å². The zero-order valence-electron chi connectivity index (χ0n) is 10.1. The lowest BCUT2D eigenvalue weighted by atomic mass is 10.2. The first-order valence-electron chi connectivity index (χ1n) is 5.83. The summed E-state index contributed by atoms with van der Waals surface area (Å²) in [6.45, 7) is 3.03. The van der Waals surface area contributed by atoms with Crippen molar-refractivity contribution in [3.63, 3.8) is 0 Å². The third-order valence-electron chi connectivity index (χ3n) is 2.94. The van der Waals surface area contributed by atoms with E-state index in [9.17, 15) is 0 Å². The van der Waals surface area contributed by atoms with Gasteiger partial charge in [0, 0.05) is 30.4 Å². The van der Waals surface area contributed by atoms with Gasteiger partial charge in [0.2, 0.25) is 0 Å². The first-order valence-corrected chi connectivity index (χ1v) is 5.83. The number of fused-ring (bicyclic) bond motifs is 1. The topological polar surface area (TPSA) is 69.9 Å². The van der Waals surface area contributed by atoms with E-state index in [2.05, 4.69) is 10.1 Å². The summed E-state index contributed by atoms with van der Waals surface area (Å²) >= 11 is 0. The second-order valence-corrected chi connectivity index (χ2v) is 4.30. The van der Waals surface area contributed by atoms with Crippen molar-refractivity contribution in [3.8, 4) is 0 Å². The van der Waals surface area contributed by atoms with Crippen LogP contribution in [-0.2, 0) is 13.1 Å². The lowest BCUT2D eigenvalue weighted by Crippen LogP contribution is -1.98. The monoisotopic (exact) mass is 242 g/mol. The van der Waals surface area contributed by atoms with E-state index in [4.69, 9.17) is 10.3 Å². The van der Waals surface area contributed by atoms with Gasteiger partial charge in [-0.15, -0.1) is 0 Å². The molecule has 0 spiro atoms. The molecule has 0 fully saturated rings. The van der Waals surface area contributed by atoms with Crippen LogP contribution < -0.4 is 5.73 Å². The van der Waals surface area contributed by atoms with Crippen LogP contribution in [0.4, 0.5) is 0 Å². The Balaban J connectivity index is 2.06. The Morgan fingerprint density at radius 2 is 2.33 bits per heavy atom. The molecule has 0 aliphatic heterocycles. The highest BCUT2D eigenvalue weighted by atomic mass is 16.5. The molecular weight excluding hydrogens is 228 g/mol. The van der Waals surface area contributed by atoms with Crippen molar-refractivity contribution in [1.29, 1.82) is 0 Å². The summed E-state index contributed by atoms with van der Waals surface area (Å²) < 4.78 is 7.27. The fraction of sp³-hybridized carbons (Fsp3) is 0.231. The average Bonchev–Trinajstić information content (AvgIpc) is 2.95. The third-order valence-corrected chi connectivity index (χ3v) is 2.94. The summed E-state index contributed by atoms with van der Waals surface area (Å²) in [5.74, 6) is 0.818. The Bertz CT molecular complexity index is 683. The van der Waals surface area contributed by atoms with Gasteiger partial charge in [-0.2, -0.15) is 0 Å². The summed E-state index contributed by atoms with van der Waals surface area (Å²) in [5.41, 5.74) is 8.65. The fourth-order valence-electron chi connectivity index (χ4n) is 2.14. The molecule has 0 amide bonds. The van der Waals surface area contributed by atoms with Crippen LogP contribution >= 0.6 is 0 Å². The molecule has 3 heterocycles. The Kier molecular flexibility index (Phi) is 2.60. The van der Waals surface area contributed by atoms with Crippen molar-refractivity contribution in [2.24, 2.45) is 5.73 Å². The highest BCUT2D eigenvalue weighted by Crippen LogP contribution is 2.20. The van der Waals surface area contributed by atoms with E-state index in [-0.39, 0.29) is 0 Å². The van der Waals surface area contributed by atoms with Gasteiger partial charge in [0.1, 0.15) is 5.65 Å². The van der Waals surface area contributed by atoms with Gasteiger partial charge in [-0.25, -0.2) is 4.98 Å². The smallest absolute Gasteiger partial charge is 0.156 e. The van der Waals surface area contributed by atoms with Crippen LogP contribution in [0.1, 0.15) is 17.0 Å². The number of pyridine rings is 1. The molecule has 0 unspecified atom stereocenters. The lowest BCUT2D eigenvalue weighted by molar-refractivity contribution is 0.374. The number of nitrogens with two attached hydrogens (primary N) is 1. The Labute approximate surface area is 104 Å². The molecule has 0 saturated heterocycles. The third kappa shape index (κ3) is 1.78. The van der Waals surface area contributed by atoms with Crippen LogP contribution in [0.3, 0.4) is 0 Å². The number of hydrogen-bond acceptors (Lipinski definition) is 4. The zero-order valence-corrected chi connectivity index (χ0v) is 10.1. The average molecular weight is 242 g/mol. The lowest BCUT2D eigenvalue weighted by Gasteiger charge is -2.00. The van der Waals surface area contributed by atoms with Crippen LogP contribution in [0.5, 0.6) is 0 Å². The van der Waals surface area contributed by atoms with E-state index in [1.807, 2.05) is 35.9 Å². The SMILES string of the molecule is Cc1cc(Cn2cc(CN)c3cccnc32)on1. The molecular formula is C13H14N4O. The number of hydrogen-bond donors (Lipinski definition) is 1. The van der Waals surface area contributed by atoms with Crippen LogP contribution in [0.15, 0.2) is 35.1 Å². The maximum Gasteiger partial charge on any atom is 0.156 e. The summed E-state index contributed by atoms with van der Waals surface area (Å²) in [7, 11) is 0. The van der Waals surface area contributed by atoms with Gasteiger partial charge in [-0.1, -0.05) is 5.16 Å². The summed E-state index contributed by atoms with van der Waals surface area (Å²) in [5, 5.41) is 4.98. The zero-order chi connectivity index (χ0) is 12.5. The predicted octanol–water partition coefficient (Wildman–Crippen LogP) is 1.84. The van der Waals surface area contributed by atoms with Gasteiger partial charge in [-0.05, 0) is 24.6 Å². The van der Waals surface area contributed by atoms with Gasteiger partial charge in [0.25, 0.3) is 0 Å². The molecule has 5 heteroatoms. The molecule has 3 rings (SSSR count). The first kappa shape index (κ1) is 11.0. The number of rotatable bonds is 3. The molecule has 0 aliphatic rings. The standard InChI is InChI=1S/C13H14N4O/c1-9-5-11(18-16-9)8-17-7-10(6-14)12-3-2-4-15-13(12)17/h2-5,7H,6,8,14H2,1H3. The Morgan fingerprint density at radius 1 is 1.44 bits per heavy atom. The van der Waals surface area contributed by atoms with Gasteiger partial charge in [-0.3, -0.25) is 0 Å². The Morgan fingerprint density at radius 3 is 3.06 bits per heavy atom. The van der Waals surface area contributed by atoms with Crippen molar-refractivity contribution in [2.45, 2.75) is 20.0 Å². The molecule has 5 nitrogen and oxygen atoms in total. The second-order valence-electron chi connectivity index (χ2n) is 4.30. The molecule has 0 aliphatic carbocycles. The van der Waals surface area contributed by atoms with Crippen LogP contribution in [0.25, 0.3) is 11.0 Å². The molecule has 0 saturated carbocycles. The number of aryl methyl sites for hydroxylation is 1. The molecule has 3 aromatic heterocycles. The van der Waals surface area contributed by atoms with Gasteiger partial charge in [0.15, 0.2) is 5.76 Å². The van der Waals surface area contributed by atoms with Crippen molar-refractivity contribution in [1.82, 2.24) is 14.7 Å². The predicted molar refractivity (Wildman–Crippen MR) is 68.0 cm³/mol. The maximum absolute atomic E-state index is 5.75. The normalized spacial score (nSPS) is 11.2. The molecule has 18 heavy (non-hydrogen) atoms. The molecule has 3 aromatic rings. The molecule has 0 atom stereocenters. The van der Waals surface area contributed by atoms with Gasteiger partial charge >= 0.3 is 0 Å². The molecule has 2 N–H and O–H groups in total. The number of aromatic nitrogens is 3. The van der Waals surface area contributed by atoms with Gasteiger partial charge < -0.3 is 14.8 Å². The summed E-state index contributed by atoms with van der Waals surface area (Å²) in [4.78, 5) is 4.40. The summed E-state index contributed by atoms with van der Waals surface area (Å²) in [6.07, 6.45) is 3.81. The minimum atomic E-state index is 0.505. The van der Waals surface area contributed by atoms with Gasteiger partial charge in [0.05, 0.1) is 12.2 Å². The molecule has 0 aromatic carbocycles. The summed E-state index contributed by atoms with van der Waals surface area (Å²) in [6, 6.07) is 5.88. The molecule has 92 valence electrons. The van der Waals surface area contributed by atoms with E-state index in [1.54, 1.807) is 6.20 Å². The minimum absolute atomic E-state index is 0.505. The van der Waals surface area contributed by atoms with Crippen molar-refractivity contribution < 1.29 is 4.52 Å². The quantitative estimate of drug-likeness (QED) is 0.760. The van der Waals surface area contributed by atoms with Crippen LogP contribution in [0.2, 0.25) is 0 Å². The highest BCUT2D eigenvalue weighted by molar-refractivity contribution is 5.80. The van der Waals surface area contributed by atoms with E-state index in [0.717, 1.165) is 28.1 Å². The highest BCUT2D eigenvalue weighted by Gasteiger charge is 2.10. The van der Waals surface area contributed by atoms with Crippen molar-refractivity contribution in [3.05, 3.63) is 47.6 Å². The first-order chi connectivity index (χ1) is 8.78. The molecule has 0 bridgehead atoms. The van der Waals surface area contributed by atoms with Crippen LogP contribution in [-0.4, -0.2) is 14.7 Å². The molecule has 0 radical (unpaired) electrons. The maximum atomic E-state index is 5.75. The number of nitrogens with zero attached hydrogens (tertiary/aromatic N) is 3. The van der Waals surface area contributed by atoms with E-state index in [1.165, 1.54) is 0 Å². The Hall–Kier alpha value is -2.14. The minimum Gasteiger partial charge on any atom is -0.359 e. The fourth-order valence-corrected chi connectivity index (χ4v) is 2.14. The second kappa shape index (κ2) is 4.27. The van der Waals surface area contributed by atoms with E-state index >= 15 is 0 Å². The van der Waals surface area contributed by atoms with Crippen LogP contribution in [0, 0.1) is 6.92 Å². The van der Waals surface area contributed by atoms with Crippen molar-refractivity contribution >= 4 is 11.0 Å². The van der Waals surface area contributed by atoms with E-state index in [0.29, 0.717) is 13.1 Å². The largest absolute Gasteiger partial charge is 0.359 e.